The summed E-state index contributed by atoms with van der Waals surface area (Å²) in [7, 11) is 0. The molecule has 1 heterocycles. The van der Waals surface area contributed by atoms with Gasteiger partial charge in [-0.2, -0.15) is 0 Å². The number of fused-ring (bicyclic) bond motifs is 1. The summed E-state index contributed by atoms with van der Waals surface area (Å²) in [6.07, 6.45) is 10.9. The van der Waals surface area contributed by atoms with Crippen molar-refractivity contribution in [2.75, 3.05) is 13.1 Å². The maximum Gasteiger partial charge on any atom is 0.233 e. The fraction of sp³-hybridized carbons (Fsp3) is 0.607. The van der Waals surface area contributed by atoms with Gasteiger partial charge in [0.1, 0.15) is 0 Å². The minimum absolute atomic E-state index is 0.211. The number of amides is 1. The van der Waals surface area contributed by atoms with Crippen molar-refractivity contribution in [3.8, 4) is 0 Å². The molecule has 3 aliphatic carbocycles. The van der Waals surface area contributed by atoms with E-state index in [1.807, 2.05) is 17.9 Å². The summed E-state index contributed by atoms with van der Waals surface area (Å²) in [5.74, 6) is 0.774. The van der Waals surface area contributed by atoms with Crippen LogP contribution in [0.4, 0.5) is 0 Å². The van der Waals surface area contributed by atoms with E-state index in [2.05, 4.69) is 17.4 Å². The van der Waals surface area contributed by atoms with Crippen molar-refractivity contribution in [2.45, 2.75) is 90.0 Å². The van der Waals surface area contributed by atoms with E-state index in [1.54, 1.807) is 0 Å². The topological polar surface area (TPSA) is 66.5 Å². The van der Waals surface area contributed by atoms with Gasteiger partial charge in [-0.1, -0.05) is 18.2 Å². The molecule has 1 aliphatic heterocycles. The van der Waals surface area contributed by atoms with Crippen LogP contribution in [0.1, 0.15) is 92.6 Å². The Morgan fingerprint density at radius 3 is 2.55 bits per heavy atom. The molecule has 33 heavy (non-hydrogen) atoms. The van der Waals surface area contributed by atoms with Gasteiger partial charge in [0.05, 0.1) is 5.41 Å². The molecule has 0 bridgehead atoms. The highest BCUT2D eigenvalue weighted by molar-refractivity contribution is 5.98. The van der Waals surface area contributed by atoms with Gasteiger partial charge < -0.3 is 10.2 Å². The molecule has 1 saturated heterocycles. The lowest BCUT2D eigenvalue weighted by atomic mass is 9.71. The van der Waals surface area contributed by atoms with Crippen molar-refractivity contribution < 1.29 is 14.4 Å². The van der Waals surface area contributed by atoms with Gasteiger partial charge in [-0.3, -0.25) is 14.4 Å². The number of allylic oxidation sites excluding steroid dienone is 2. The lowest BCUT2D eigenvalue weighted by Crippen LogP contribution is -2.42. The van der Waals surface area contributed by atoms with E-state index in [-0.39, 0.29) is 17.1 Å². The minimum Gasteiger partial charge on any atom is -0.315 e. The Morgan fingerprint density at radius 1 is 0.970 bits per heavy atom. The summed E-state index contributed by atoms with van der Waals surface area (Å²) < 4.78 is 0. The third kappa shape index (κ3) is 4.32. The van der Waals surface area contributed by atoms with E-state index in [0.29, 0.717) is 24.7 Å². The van der Waals surface area contributed by atoms with Gasteiger partial charge in [0.25, 0.3) is 0 Å². The number of aryl methyl sites for hydroxylation is 1. The first-order chi connectivity index (χ1) is 16.0. The van der Waals surface area contributed by atoms with E-state index in [9.17, 15) is 14.4 Å². The Bertz CT molecular complexity index is 1000. The lowest BCUT2D eigenvalue weighted by Gasteiger charge is -2.36. The van der Waals surface area contributed by atoms with Crippen LogP contribution in [0.5, 0.6) is 0 Å². The molecule has 176 valence electrons. The second kappa shape index (κ2) is 9.17. The second-order valence-corrected chi connectivity index (χ2v) is 10.6. The number of likely N-dealkylation sites (tertiary alicyclic amines) is 1. The monoisotopic (exact) mass is 448 g/mol. The third-order valence-electron chi connectivity index (χ3n) is 8.62. The molecule has 5 nitrogen and oxygen atoms in total. The average Bonchev–Trinajstić information content (AvgIpc) is 3.13. The number of ketones is 2. The number of nitrogens with one attached hydrogen (secondary N) is 1. The zero-order valence-corrected chi connectivity index (χ0v) is 19.9. The predicted molar refractivity (Wildman–Crippen MR) is 128 cm³/mol. The summed E-state index contributed by atoms with van der Waals surface area (Å²) in [4.78, 5) is 39.6. The van der Waals surface area contributed by atoms with Crippen LogP contribution in [0, 0.1) is 5.41 Å². The number of carbonyl (C=O) groups is 3. The smallest absolute Gasteiger partial charge is 0.233 e. The van der Waals surface area contributed by atoms with Crippen molar-refractivity contribution in [1.82, 2.24) is 10.2 Å². The van der Waals surface area contributed by atoms with E-state index in [0.717, 1.165) is 94.1 Å². The number of hydrogen-bond acceptors (Lipinski definition) is 4. The second-order valence-electron chi connectivity index (χ2n) is 10.6. The zero-order chi connectivity index (χ0) is 23.0. The van der Waals surface area contributed by atoms with Crippen LogP contribution in [-0.4, -0.2) is 41.5 Å². The van der Waals surface area contributed by atoms with Gasteiger partial charge in [-0.15, -0.1) is 0 Å². The fourth-order valence-electron chi connectivity index (χ4n) is 6.48. The summed E-state index contributed by atoms with van der Waals surface area (Å²) in [5.41, 5.74) is 5.05. The highest BCUT2D eigenvalue weighted by atomic mass is 16.2. The predicted octanol–water partition coefficient (Wildman–Crippen LogP) is 4.53. The maximum absolute atomic E-state index is 13.4. The van der Waals surface area contributed by atoms with E-state index >= 15 is 0 Å². The molecule has 1 aromatic carbocycles. The molecule has 0 aromatic heterocycles. The van der Waals surface area contributed by atoms with Gasteiger partial charge in [0.2, 0.25) is 5.91 Å². The molecule has 2 fully saturated rings. The van der Waals surface area contributed by atoms with E-state index in [4.69, 9.17) is 0 Å². The normalized spacial score (nSPS) is 28.1. The molecule has 0 radical (unpaired) electrons. The van der Waals surface area contributed by atoms with Crippen LogP contribution in [-0.2, 0) is 22.4 Å². The van der Waals surface area contributed by atoms with Crippen LogP contribution >= 0.6 is 0 Å². The zero-order valence-electron chi connectivity index (χ0n) is 19.9. The Morgan fingerprint density at radius 2 is 1.73 bits per heavy atom. The van der Waals surface area contributed by atoms with Crippen molar-refractivity contribution in [1.29, 1.82) is 0 Å². The SMILES string of the molecule is CC1=C(N2CCC3(CCC(NCCc4ccc5c(c4)CCCC5=O)CC3)C2=O)CCCC1=O. The first-order valence-corrected chi connectivity index (χ1v) is 12.9. The van der Waals surface area contributed by atoms with Gasteiger partial charge in [0.15, 0.2) is 11.6 Å². The Balaban J connectivity index is 1.13. The largest absolute Gasteiger partial charge is 0.315 e. The van der Waals surface area contributed by atoms with Crippen LogP contribution in [0.25, 0.3) is 0 Å². The molecule has 4 aliphatic rings. The molecule has 1 amide bonds. The van der Waals surface area contributed by atoms with Gasteiger partial charge in [-0.25, -0.2) is 0 Å². The lowest BCUT2D eigenvalue weighted by molar-refractivity contribution is -0.136. The number of nitrogens with zero attached hydrogens (tertiary/aromatic N) is 1. The highest BCUT2D eigenvalue weighted by Crippen LogP contribution is 2.47. The molecule has 5 heteroatoms. The summed E-state index contributed by atoms with van der Waals surface area (Å²) in [6, 6.07) is 6.82. The highest BCUT2D eigenvalue weighted by Gasteiger charge is 2.49. The summed E-state index contributed by atoms with van der Waals surface area (Å²) in [5, 5.41) is 3.72. The summed E-state index contributed by atoms with van der Waals surface area (Å²) >= 11 is 0. The first-order valence-electron chi connectivity index (χ1n) is 12.9. The molecule has 0 atom stereocenters. The Labute approximate surface area is 197 Å². The standard InChI is InChI=1S/C28H36N2O3/c1-19-24(5-3-6-25(19)31)30-17-15-28(27(30)33)13-10-22(11-14-28)29-16-12-20-8-9-23-21(18-20)4-2-7-26(23)32/h8-9,18,22,29H,2-7,10-17H2,1H3. The van der Waals surface area contributed by atoms with Gasteiger partial charge in [-0.05, 0) is 88.8 Å². The van der Waals surface area contributed by atoms with Crippen molar-refractivity contribution in [3.63, 3.8) is 0 Å². The van der Waals surface area contributed by atoms with Crippen LogP contribution < -0.4 is 5.32 Å². The molecule has 1 spiro atoms. The Kier molecular flexibility index (Phi) is 6.26. The van der Waals surface area contributed by atoms with Crippen LogP contribution in [0.2, 0.25) is 0 Å². The molecule has 1 aromatic rings. The quantitative estimate of drug-likeness (QED) is 0.719. The van der Waals surface area contributed by atoms with Crippen molar-refractivity contribution in [2.24, 2.45) is 5.41 Å². The molecule has 0 unspecified atom stereocenters. The number of rotatable bonds is 5. The minimum atomic E-state index is -0.211. The number of Topliss-reactive ketones (excluding diaryl/α,β-unsaturated/α-hetero) is 2. The molecular weight excluding hydrogens is 412 g/mol. The molecular formula is C28H36N2O3. The van der Waals surface area contributed by atoms with E-state index in [1.165, 1.54) is 11.1 Å². The maximum atomic E-state index is 13.4. The first kappa shape index (κ1) is 22.5. The third-order valence-corrected chi connectivity index (χ3v) is 8.62. The number of carbonyl (C=O) groups excluding carboxylic acids is 3. The van der Waals surface area contributed by atoms with Crippen molar-refractivity contribution in [3.05, 3.63) is 46.2 Å². The molecule has 1 saturated carbocycles. The summed E-state index contributed by atoms with van der Waals surface area (Å²) in [6.45, 7) is 3.60. The Hall–Kier alpha value is -2.27. The van der Waals surface area contributed by atoms with Gasteiger partial charge in [0, 0.05) is 42.3 Å². The number of benzene rings is 1. The fourth-order valence-corrected chi connectivity index (χ4v) is 6.48. The average molecular weight is 449 g/mol. The van der Waals surface area contributed by atoms with Crippen molar-refractivity contribution >= 4 is 17.5 Å². The van der Waals surface area contributed by atoms with Crippen LogP contribution in [0.15, 0.2) is 29.5 Å². The van der Waals surface area contributed by atoms with Crippen LogP contribution in [0.3, 0.4) is 0 Å². The molecule has 1 N–H and O–H groups in total. The molecule has 5 rings (SSSR count). The van der Waals surface area contributed by atoms with E-state index < -0.39 is 0 Å². The van der Waals surface area contributed by atoms with Gasteiger partial charge >= 0.3 is 0 Å². The number of hydrogen-bond donors (Lipinski definition) is 1.